The van der Waals surface area contributed by atoms with E-state index in [-0.39, 0.29) is 18.6 Å². The van der Waals surface area contributed by atoms with Crippen LogP contribution in [-0.4, -0.2) is 52.4 Å². The standard InChI is InChI=1S/C18H22N4O3/c23-16-10-25-9-15(16)21-17(24)11-5-6-12-8-19-18(22-14(12)7-11)20-13-3-1-2-4-13/h5-8,13,15-16,23H,1-4,9-10H2,(H,21,24)(H,19,20,22)/t15-,16-/m1/s1. The van der Waals surface area contributed by atoms with E-state index in [0.29, 0.717) is 24.2 Å². The van der Waals surface area contributed by atoms with Gasteiger partial charge in [0.25, 0.3) is 5.91 Å². The molecule has 3 N–H and O–H groups in total. The zero-order valence-electron chi connectivity index (χ0n) is 13.9. The maximum absolute atomic E-state index is 12.4. The highest BCUT2D eigenvalue weighted by Crippen LogP contribution is 2.22. The minimum Gasteiger partial charge on any atom is -0.388 e. The van der Waals surface area contributed by atoms with E-state index in [9.17, 15) is 9.90 Å². The van der Waals surface area contributed by atoms with E-state index >= 15 is 0 Å². The molecule has 1 amide bonds. The van der Waals surface area contributed by atoms with Gasteiger partial charge in [0.05, 0.1) is 30.9 Å². The molecule has 2 fully saturated rings. The van der Waals surface area contributed by atoms with Gasteiger partial charge < -0.3 is 20.5 Å². The van der Waals surface area contributed by atoms with Gasteiger partial charge in [-0.2, -0.15) is 0 Å². The molecule has 25 heavy (non-hydrogen) atoms. The summed E-state index contributed by atoms with van der Waals surface area (Å²) in [4.78, 5) is 21.3. The lowest BCUT2D eigenvalue weighted by Crippen LogP contribution is -2.42. The molecular formula is C18H22N4O3. The van der Waals surface area contributed by atoms with Gasteiger partial charge in [-0.1, -0.05) is 18.9 Å². The monoisotopic (exact) mass is 342 g/mol. The van der Waals surface area contributed by atoms with Gasteiger partial charge in [-0.25, -0.2) is 9.97 Å². The van der Waals surface area contributed by atoms with Crippen LogP contribution in [0.3, 0.4) is 0 Å². The quantitative estimate of drug-likeness (QED) is 0.779. The molecule has 0 bridgehead atoms. The van der Waals surface area contributed by atoms with Crippen molar-refractivity contribution >= 4 is 22.8 Å². The third-order valence-corrected chi connectivity index (χ3v) is 4.90. The fraction of sp³-hybridized carbons (Fsp3) is 0.500. The Bertz CT molecular complexity index is 776. The van der Waals surface area contributed by atoms with E-state index in [0.717, 1.165) is 23.7 Å². The number of fused-ring (bicyclic) bond motifs is 1. The molecule has 1 aromatic carbocycles. The van der Waals surface area contributed by atoms with Crippen LogP contribution in [0.4, 0.5) is 5.95 Å². The van der Waals surface area contributed by atoms with E-state index < -0.39 is 6.10 Å². The second kappa shape index (κ2) is 6.93. The third-order valence-electron chi connectivity index (χ3n) is 4.90. The van der Waals surface area contributed by atoms with E-state index in [1.54, 1.807) is 18.3 Å². The van der Waals surface area contributed by atoms with Gasteiger partial charge in [-0.05, 0) is 25.0 Å². The Morgan fingerprint density at radius 2 is 2.08 bits per heavy atom. The molecule has 1 aliphatic carbocycles. The Kier molecular flexibility index (Phi) is 4.50. The van der Waals surface area contributed by atoms with Crippen LogP contribution in [-0.2, 0) is 4.74 Å². The molecule has 1 aliphatic heterocycles. The molecular weight excluding hydrogens is 320 g/mol. The number of benzene rings is 1. The molecule has 1 aromatic heterocycles. The fourth-order valence-corrected chi connectivity index (χ4v) is 3.42. The van der Waals surface area contributed by atoms with E-state index in [4.69, 9.17) is 4.74 Å². The Morgan fingerprint density at radius 3 is 2.84 bits per heavy atom. The van der Waals surface area contributed by atoms with Crippen molar-refractivity contribution in [2.24, 2.45) is 0 Å². The lowest BCUT2D eigenvalue weighted by Gasteiger charge is -2.15. The van der Waals surface area contributed by atoms with Crippen LogP contribution in [0.5, 0.6) is 0 Å². The first-order chi connectivity index (χ1) is 12.2. The van der Waals surface area contributed by atoms with Crippen molar-refractivity contribution in [3.63, 3.8) is 0 Å². The minimum atomic E-state index is -0.658. The lowest BCUT2D eigenvalue weighted by molar-refractivity contribution is 0.0886. The first kappa shape index (κ1) is 16.2. The van der Waals surface area contributed by atoms with Crippen LogP contribution in [0.2, 0.25) is 0 Å². The zero-order chi connectivity index (χ0) is 17.2. The Hall–Kier alpha value is -2.25. The Labute approximate surface area is 145 Å². The van der Waals surface area contributed by atoms with Crippen LogP contribution in [0.1, 0.15) is 36.0 Å². The summed E-state index contributed by atoms with van der Waals surface area (Å²) in [5.41, 5.74) is 1.24. The Morgan fingerprint density at radius 1 is 1.24 bits per heavy atom. The number of aromatic nitrogens is 2. The number of ether oxygens (including phenoxy) is 1. The van der Waals surface area contributed by atoms with Gasteiger partial charge >= 0.3 is 0 Å². The lowest BCUT2D eigenvalue weighted by atomic mass is 10.1. The van der Waals surface area contributed by atoms with Crippen LogP contribution in [0.25, 0.3) is 10.9 Å². The fourth-order valence-electron chi connectivity index (χ4n) is 3.42. The SMILES string of the molecule is O=C(N[C@@H]1COC[C@H]1O)c1ccc2cnc(NC3CCCC3)nc2c1. The molecule has 0 spiro atoms. The zero-order valence-corrected chi connectivity index (χ0v) is 13.9. The molecule has 2 heterocycles. The first-order valence-corrected chi connectivity index (χ1v) is 8.79. The number of carbonyl (C=O) groups excluding carboxylic acids is 1. The molecule has 2 aliphatic rings. The second-order valence-electron chi connectivity index (χ2n) is 6.78. The molecule has 7 nitrogen and oxygen atoms in total. The predicted octanol–water partition coefficient (Wildman–Crippen LogP) is 1.47. The molecule has 1 saturated carbocycles. The summed E-state index contributed by atoms with van der Waals surface area (Å²) >= 11 is 0. The number of aliphatic hydroxyl groups excluding tert-OH is 1. The van der Waals surface area contributed by atoms with Crippen molar-refractivity contribution in [1.29, 1.82) is 0 Å². The molecule has 0 unspecified atom stereocenters. The normalized spacial score (nSPS) is 23.9. The molecule has 2 aromatic rings. The summed E-state index contributed by atoms with van der Waals surface area (Å²) in [6, 6.07) is 5.41. The van der Waals surface area contributed by atoms with Crippen molar-refractivity contribution in [2.75, 3.05) is 18.5 Å². The van der Waals surface area contributed by atoms with Crippen LogP contribution >= 0.6 is 0 Å². The van der Waals surface area contributed by atoms with E-state index in [1.807, 2.05) is 6.07 Å². The van der Waals surface area contributed by atoms with Crippen LogP contribution in [0.15, 0.2) is 24.4 Å². The largest absolute Gasteiger partial charge is 0.388 e. The number of nitrogens with zero attached hydrogens (tertiary/aromatic N) is 2. The van der Waals surface area contributed by atoms with Gasteiger partial charge in [0, 0.05) is 23.2 Å². The number of carbonyl (C=O) groups is 1. The number of aliphatic hydroxyl groups is 1. The highest BCUT2D eigenvalue weighted by Gasteiger charge is 2.27. The van der Waals surface area contributed by atoms with Crippen molar-refractivity contribution in [3.05, 3.63) is 30.0 Å². The second-order valence-corrected chi connectivity index (χ2v) is 6.78. The van der Waals surface area contributed by atoms with Gasteiger partial charge in [0.2, 0.25) is 5.95 Å². The van der Waals surface area contributed by atoms with Gasteiger partial charge in [-0.3, -0.25) is 4.79 Å². The van der Waals surface area contributed by atoms with Crippen molar-refractivity contribution in [1.82, 2.24) is 15.3 Å². The van der Waals surface area contributed by atoms with Crippen molar-refractivity contribution < 1.29 is 14.6 Å². The van der Waals surface area contributed by atoms with E-state index in [1.165, 1.54) is 12.8 Å². The number of hydrogen-bond donors (Lipinski definition) is 3. The topological polar surface area (TPSA) is 96.4 Å². The van der Waals surface area contributed by atoms with E-state index in [2.05, 4.69) is 20.6 Å². The minimum absolute atomic E-state index is 0.236. The maximum atomic E-state index is 12.4. The highest BCUT2D eigenvalue weighted by molar-refractivity contribution is 5.98. The number of nitrogens with one attached hydrogen (secondary N) is 2. The van der Waals surface area contributed by atoms with Gasteiger partial charge in [-0.15, -0.1) is 0 Å². The highest BCUT2D eigenvalue weighted by atomic mass is 16.5. The first-order valence-electron chi connectivity index (χ1n) is 8.79. The summed E-state index contributed by atoms with van der Waals surface area (Å²) in [7, 11) is 0. The summed E-state index contributed by atoms with van der Waals surface area (Å²) in [6.07, 6.45) is 5.90. The van der Waals surface area contributed by atoms with Gasteiger partial charge in [0.15, 0.2) is 0 Å². The predicted molar refractivity (Wildman–Crippen MR) is 93.5 cm³/mol. The van der Waals surface area contributed by atoms with Crippen LogP contribution < -0.4 is 10.6 Å². The number of anilines is 1. The molecule has 2 atom stereocenters. The molecule has 0 radical (unpaired) electrons. The van der Waals surface area contributed by atoms with Crippen molar-refractivity contribution in [2.45, 2.75) is 43.9 Å². The maximum Gasteiger partial charge on any atom is 0.251 e. The number of rotatable bonds is 4. The molecule has 132 valence electrons. The average Bonchev–Trinajstić information content (AvgIpc) is 3.26. The summed E-state index contributed by atoms with van der Waals surface area (Å²) in [6.45, 7) is 0.588. The molecule has 7 heteroatoms. The van der Waals surface area contributed by atoms with Crippen LogP contribution in [0, 0.1) is 0 Å². The third kappa shape index (κ3) is 3.57. The van der Waals surface area contributed by atoms with Gasteiger partial charge in [0.1, 0.15) is 0 Å². The summed E-state index contributed by atoms with van der Waals surface area (Å²) < 4.78 is 5.16. The molecule has 1 saturated heterocycles. The van der Waals surface area contributed by atoms with Crippen molar-refractivity contribution in [3.8, 4) is 0 Å². The summed E-state index contributed by atoms with van der Waals surface area (Å²) in [5, 5.41) is 16.8. The smallest absolute Gasteiger partial charge is 0.251 e. The number of amides is 1. The molecule has 4 rings (SSSR count). The average molecular weight is 342 g/mol. The summed E-state index contributed by atoms with van der Waals surface area (Å²) in [5.74, 6) is 0.372. The number of hydrogen-bond acceptors (Lipinski definition) is 6. The Balaban J connectivity index is 1.52.